The van der Waals surface area contributed by atoms with Crippen molar-refractivity contribution < 1.29 is 18.8 Å². The van der Waals surface area contributed by atoms with Gasteiger partial charge in [-0.2, -0.15) is 4.39 Å². The Morgan fingerprint density at radius 3 is 2.72 bits per heavy atom. The van der Waals surface area contributed by atoms with Crippen LogP contribution in [0.15, 0.2) is 18.2 Å². The Morgan fingerprint density at radius 2 is 2.22 bits per heavy atom. The van der Waals surface area contributed by atoms with Crippen LogP contribution in [0.25, 0.3) is 0 Å². The number of nitro benzene ring substituents is 1. The van der Waals surface area contributed by atoms with Gasteiger partial charge in [0.1, 0.15) is 0 Å². The first-order valence-electron chi connectivity index (χ1n) is 5.12. The molecule has 0 atom stereocenters. The third kappa shape index (κ3) is 3.77. The molecule has 0 saturated heterocycles. The first-order valence-corrected chi connectivity index (χ1v) is 5.12. The lowest BCUT2D eigenvalue weighted by molar-refractivity contribution is -0.387. The van der Waals surface area contributed by atoms with E-state index >= 15 is 0 Å². The highest BCUT2D eigenvalue weighted by molar-refractivity contribution is 5.71. The molecule has 0 fully saturated rings. The van der Waals surface area contributed by atoms with Crippen molar-refractivity contribution in [2.24, 2.45) is 0 Å². The summed E-state index contributed by atoms with van der Waals surface area (Å²) >= 11 is 0. The molecule has 0 aliphatic heterocycles. The van der Waals surface area contributed by atoms with Crippen LogP contribution in [-0.2, 0) is 16.1 Å². The second-order valence-corrected chi connectivity index (χ2v) is 3.79. The van der Waals surface area contributed by atoms with Gasteiger partial charge in [-0.15, -0.1) is 0 Å². The zero-order chi connectivity index (χ0) is 13.7. The van der Waals surface area contributed by atoms with Crippen molar-refractivity contribution in [1.82, 2.24) is 4.90 Å². The van der Waals surface area contributed by atoms with Crippen LogP contribution in [0.4, 0.5) is 10.1 Å². The molecule has 0 saturated carbocycles. The van der Waals surface area contributed by atoms with Crippen LogP contribution < -0.4 is 0 Å². The SMILES string of the molecule is COC(=O)CN(C)Cc1ccc([N+](=O)[O-])c(F)c1. The minimum absolute atomic E-state index is 0.0646. The van der Waals surface area contributed by atoms with Gasteiger partial charge in [0.25, 0.3) is 0 Å². The van der Waals surface area contributed by atoms with Crippen LogP contribution in [0.1, 0.15) is 5.56 Å². The summed E-state index contributed by atoms with van der Waals surface area (Å²) in [4.78, 5) is 22.3. The second kappa shape index (κ2) is 6.06. The van der Waals surface area contributed by atoms with Crippen LogP contribution >= 0.6 is 0 Å². The molecule has 0 aliphatic rings. The molecule has 6 nitrogen and oxygen atoms in total. The summed E-state index contributed by atoms with van der Waals surface area (Å²) in [5.41, 5.74) is -0.0149. The molecule has 7 heteroatoms. The fourth-order valence-electron chi connectivity index (χ4n) is 1.45. The molecular weight excluding hydrogens is 243 g/mol. The Labute approximate surface area is 103 Å². The van der Waals surface area contributed by atoms with Gasteiger partial charge in [-0.1, -0.05) is 6.07 Å². The monoisotopic (exact) mass is 256 g/mol. The zero-order valence-electron chi connectivity index (χ0n) is 10.1. The summed E-state index contributed by atoms with van der Waals surface area (Å²) in [7, 11) is 2.94. The van der Waals surface area contributed by atoms with Crippen LogP contribution in [0.3, 0.4) is 0 Å². The molecule has 0 bridgehead atoms. The highest BCUT2D eigenvalue weighted by atomic mass is 19.1. The third-order valence-electron chi connectivity index (χ3n) is 2.29. The fourth-order valence-corrected chi connectivity index (χ4v) is 1.45. The molecule has 0 spiro atoms. The molecule has 18 heavy (non-hydrogen) atoms. The number of nitrogens with zero attached hydrogens (tertiary/aromatic N) is 2. The van der Waals surface area contributed by atoms with Gasteiger partial charge < -0.3 is 4.74 Å². The number of nitro groups is 1. The van der Waals surface area contributed by atoms with E-state index in [2.05, 4.69) is 4.74 Å². The third-order valence-corrected chi connectivity index (χ3v) is 2.29. The number of ether oxygens (including phenoxy) is 1. The fraction of sp³-hybridized carbons (Fsp3) is 0.364. The molecule has 0 N–H and O–H groups in total. The van der Waals surface area contributed by atoms with E-state index in [1.807, 2.05) is 0 Å². The number of likely N-dealkylation sites (N-methyl/N-ethyl adjacent to an activating group) is 1. The molecule has 0 heterocycles. The molecular formula is C11H13FN2O4. The van der Waals surface area contributed by atoms with Gasteiger partial charge in [0.05, 0.1) is 18.6 Å². The van der Waals surface area contributed by atoms with Gasteiger partial charge in [-0.25, -0.2) is 0 Å². The maximum Gasteiger partial charge on any atom is 0.319 e. The van der Waals surface area contributed by atoms with Crippen molar-refractivity contribution >= 4 is 11.7 Å². The average Bonchev–Trinajstić information content (AvgIpc) is 2.28. The van der Waals surface area contributed by atoms with Gasteiger partial charge >= 0.3 is 11.7 Å². The highest BCUT2D eigenvalue weighted by Crippen LogP contribution is 2.18. The Balaban J connectivity index is 2.71. The van der Waals surface area contributed by atoms with Crippen molar-refractivity contribution in [1.29, 1.82) is 0 Å². The number of methoxy groups -OCH3 is 1. The van der Waals surface area contributed by atoms with E-state index in [9.17, 15) is 19.3 Å². The minimum Gasteiger partial charge on any atom is -0.468 e. The number of halogens is 1. The first-order chi connectivity index (χ1) is 8.43. The Kier molecular flexibility index (Phi) is 4.73. The van der Waals surface area contributed by atoms with E-state index in [0.29, 0.717) is 12.1 Å². The minimum atomic E-state index is -0.885. The molecule has 0 amide bonds. The van der Waals surface area contributed by atoms with E-state index in [4.69, 9.17) is 0 Å². The van der Waals surface area contributed by atoms with Crippen molar-refractivity contribution in [3.63, 3.8) is 0 Å². The Bertz CT molecular complexity index is 464. The van der Waals surface area contributed by atoms with Gasteiger partial charge in [0.15, 0.2) is 0 Å². The van der Waals surface area contributed by atoms with Gasteiger partial charge in [0, 0.05) is 12.6 Å². The predicted octanol–water partition coefficient (Wildman–Crippen LogP) is 1.34. The number of carbonyl (C=O) groups is 1. The summed E-state index contributed by atoms with van der Waals surface area (Å²) < 4.78 is 17.8. The van der Waals surface area contributed by atoms with Crippen molar-refractivity contribution in [3.8, 4) is 0 Å². The highest BCUT2D eigenvalue weighted by Gasteiger charge is 2.14. The van der Waals surface area contributed by atoms with E-state index in [1.54, 1.807) is 11.9 Å². The topological polar surface area (TPSA) is 72.7 Å². The summed E-state index contributed by atoms with van der Waals surface area (Å²) in [6.45, 7) is 0.360. The van der Waals surface area contributed by atoms with Crippen LogP contribution in [0.2, 0.25) is 0 Å². The summed E-state index contributed by atoms with van der Waals surface area (Å²) in [6, 6.07) is 3.65. The maximum atomic E-state index is 13.3. The van der Waals surface area contributed by atoms with E-state index in [-0.39, 0.29) is 6.54 Å². The molecule has 0 aromatic heterocycles. The van der Waals surface area contributed by atoms with Crippen LogP contribution in [0.5, 0.6) is 0 Å². The Morgan fingerprint density at radius 1 is 1.56 bits per heavy atom. The standard InChI is InChI=1S/C11H13FN2O4/c1-13(7-11(15)18-2)6-8-3-4-10(14(16)17)9(12)5-8/h3-5H,6-7H2,1-2H3. The number of hydrogen-bond acceptors (Lipinski definition) is 5. The number of hydrogen-bond donors (Lipinski definition) is 0. The van der Waals surface area contributed by atoms with Gasteiger partial charge in [-0.3, -0.25) is 19.8 Å². The average molecular weight is 256 g/mol. The number of carbonyl (C=O) groups excluding carboxylic acids is 1. The van der Waals surface area contributed by atoms with Crippen LogP contribution in [0, 0.1) is 15.9 Å². The van der Waals surface area contributed by atoms with Gasteiger partial charge in [0.2, 0.25) is 5.82 Å². The molecule has 0 radical (unpaired) electrons. The quantitative estimate of drug-likeness (QED) is 0.451. The smallest absolute Gasteiger partial charge is 0.319 e. The predicted molar refractivity (Wildman–Crippen MR) is 61.4 cm³/mol. The summed E-state index contributed by atoms with van der Waals surface area (Å²) in [6.07, 6.45) is 0. The lowest BCUT2D eigenvalue weighted by Crippen LogP contribution is -2.26. The lowest BCUT2D eigenvalue weighted by atomic mass is 10.2. The maximum absolute atomic E-state index is 13.3. The molecule has 0 aliphatic carbocycles. The molecule has 0 unspecified atom stereocenters. The van der Waals surface area contributed by atoms with Gasteiger partial charge in [-0.05, 0) is 18.7 Å². The first kappa shape index (κ1) is 14.0. The number of benzene rings is 1. The second-order valence-electron chi connectivity index (χ2n) is 3.79. The molecule has 1 aromatic rings. The number of esters is 1. The molecule has 1 rings (SSSR count). The molecule has 1 aromatic carbocycles. The Hall–Kier alpha value is -2.02. The van der Waals surface area contributed by atoms with E-state index in [0.717, 1.165) is 12.1 Å². The normalized spacial score (nSPS) is 10.4. The van der Waals surface area contributed by atoms with Crippen molar-refractivity contribution in [2.75, 3.05) is 20.7 Å². The van der Waals surface area contributed by atoms with E-state index in [1.165, 1.54) is 13.2 Å². The summed E-state index contributed by atoms with van der Waals surface area (Å²) in [5.74, 6) is -1.29. The zero-order valence-corrected chi connectivity index (χ0v) is 10.1. The van der Waals surface area contributed by atoms with Crippen molar-refractivity contribution in [2.45, 2.75) is 6.54 Å². The molecule has 98 valence electrons. The van der Waals surface area contributed by atoms with Crippen molar-refractivity contribution in [3.05, 3.63) is 39.7 Å². The van der Waals surface area contributed by atoms with E-state index < -0.39 is 22.4 Å². The largest absolute Gasteiger partial charge is 0.468 e. The lowest BCUT2D eigenvalue weighted by Gasteiger charge is -2.14. The number of rotatable bonds is 5. The van der Waals surface area contributed by atoms with Crippen LogP contribution in [-0.4, -0.2) is 36.5 Å². The summed E-state index contributed by atoms with van der Waals surface area (Å²) in [5, 5.41) is 10.4.